The van der Waals surface area contributed by atoms with Gasteiger partial charge < -0.3 is 5.11 Å². The van der Waals surface area contributed by atoms with Crippen molar-refractivity contribution in [2.24, 2.45) is 5.41 Å². The fraction of sp³-hybridized carbons (Fsp3) is 0.571. The molecular weight excluding hydrogens is 184 g/mol. The molecular formula is C14H22O. The summed E-state index contributed by atoms with van der Waals surface area (Å²) in [6, 6.07) is 10.6. The smallest absolute Gasteiger partial charge is 0.0484 e. The van der Waals surface area contributed by atoms with Gasteiger partial charge in [-0.3, -0.25) is 0 Å². The lowest BCUT2D eigenvalue weighted by Gasteiger charge is -2.25. The highest BCUT2D eigenvalue weighted by atomic mass is 16.3. The first-order valence-corrected chi connectivity index (χ1v) is 5.85. The number of aliphatic hydroxyl groups excluding tert-OH is 1. The Hall–Kier alpha value is -0.820. The maximum Gasteiger partial charge on any atom is 0.0484 e. The molecule has 1 unspecified atom stereocenters. The standard InChI is InChI=1S/C14H22O/c1-3-14(2,12-15)11-7-10-13-8-5-4-6-9-13/h4-6,8-9,15H,3,7,10-12H2,1-2H3. The predicted molar refractivity (Wildman–Crippen MR) is 64.9 cm³/mol. The number of hydrogen-bond acceptors (Lipinski definition) is 1. The lowest BCUT2D eigenvalue weighted by molar-refractivity contribution is 0.126. The monoisotopic (exact) mass is 206 g/mol. The van der Waals surface area contributed by atoms with Crippen LogP contribution in [0.4, 0.5) is 0 Å². The summed E-state index contributed by atoms with van der Waals surface area (Å²) in [5.41, 5.74) is 1.52. The second-order valence-electron chi connectivity index (χ2n) is 4.66. The molecule has 1 aromatic rings. The molecule has 84 valence electrons. The molecule has 0 fully saturated rings. The first-order chi connectivity index (χ1) is 7.20. The minimum Gasteiger partial charge on any atom is -0.396 e. The lowest BCUT2D eigenvalue weighted by Crippen LogP contribution is -2.20. The Morgan fingerprint density at radius 3 is 2.40 bits per heavy atom. The van der Waals surface area contributed by atoms with Gasteiger partial charge in [0.25, 0.3) is 0 Å². The van der Waals surface area contributed by atoms with E-state index in [1.54, 1.807) is 0 Å². The van der Waals surface area contributed by atoms with E-state index in [2.05, 4.69) is 38.1 Å². The van der Waals surface area contributed by atoms with Crippen LogP contribution < -0.4 is 0 Å². The maximum atomic E-state index is 9.28. The van der Waals surface area contributed by atoms with Crippen molar-refractivity contribution in [3.05, 3.63) is 35.9 Å². The fourth-order valence-corrected chi connectivity index (χ4v) is 1.73. The van der Waals surface area contributed by atoms with Crippen LogP contribution in [0.15, 0.2) is 30.3 Å². The Morgan fingerprint density at radius 1 is 1.20 bits per heavy atom. The van der Waals surface area contributed by atoms with E-state index >= 15 is 0 Å². The van der Waals surface area contributed by atoms with E-state index in [4.69, 9.17) is 0 Å². The van der Waals surface area contributed by atoms with Crippen molar-refractivity contribution in [1.82, 2.24) is 0 Å². The molecule has 1 nitrogen and oxygen atoms in total. The van der Waals surface area contributed by atoms with Crippen molar-refractivity contribution in [3.8, 4) is 0 Å². The second kappa shape index (κ2) is 5.92. The molecule has 0 heterocycles. The van der Waals surface area contributed by atoms with Gasteiger partial charge in [-0.05, 0) is 36.7 Å². The SMILES string of the molecule is CCC(C)(CO)CCCc1ccccc1. The van der Waals surface area contributed by atoms with Crippen LogP contribution in [0.2, 0.25) is 0 Å². The largest absolute Gasteiger partial charge is 0.396 e. The molecule has 0 aliphatic carbocycles. The summed E-state index contributed by atoms with van der Waals surface area (Å²) in [5, 5.41) is 9.28. The molecule has 1 heteroatoms. The number of aliphatic hydroxyl groups is 1. The maximum absolute atomic E-state index is 9.28. The van der Waals surface area contributed by atoms with Crippen molar-refractivity contribution in [2.45, 2.75) is 39.5 Å². The van der Waals surface area contributed by atoms with E-state index in [-0.39, 0.29) is 5.41 Å². The minimum atomic E-state index is 0.120. The summed E-state index contributed by atoms with van der Waals surface area (Å²) in [6.07, 6.45) is 4.44. The van der Waals surface area contributed by atoms with Crippen LogP contribution in [0.25, 0.3) is 0 Å². The average Bonchev–Trinajstić information content (AvgIpc) is 2.30. The van der Waals surface area contributed by atoms with Crippen LogP contribution in [0.5, 0.6) is 0 Å². The van der Waals surface area contributed by atoms with Crippen LogP contribution in [0.3, 0.4) is 0 Å². The predicted octanol–water partition coefficient (Wildman–Crippen LogP) is 3.42. The summed E-state index contributed by atoms with van der Waals surface area (Å²) < 4.78 is 0. The quantitative estimate of drug-likeness (QED) is 0.756. The van der Waals surface area contributed by atoms with E-state index in [1.807, 2.05) is 6.07 Å². The summed E-state index contributed by atoms with van der Waals surface area (Å²) in [4.78, 5) is 0. The number of aryl methyl sites for hydroxylation is 1. The highest BCUT2D eigenvalue weighted by Crippen LogP contribution is 2.27. The van der Waals surface area contributed by atoms with E-state index < -0.39 is 0 Å². The van der Waals surface area contributed by atoms with Gasteiger partial charge in [-0.25, -0.2) is 0 Å². The van der Waals surface area contributed by atoms with Gasteiger partial charge in [0.15, 0.2) is 0 Å². The van der Waals surface area contributed by atoms with Crippen LogP contribution in [-0.4, -0.2) is 11.7 Å². The highest BCUT2D eigenvalue weighted by Gasteiger charge is 2.19. The van der Waals surface area contributed by atoms with Crippen LogP contribution in [-0.2, 0) is 6.42 Å². The Morgan fingerprint density at radius 2 is 1.87 bits per heavy atom. The van der Waals surface area contributed by atoms with Crippen molar-refractivity contribution in [3.63, 3.8) is 0 Å². The van der Waals surface area contributed by atoms with Crippen LogP contribution in [0, 0.1) is 5.41 Å². The summed E-state index contributed by atoms with van der Waals surface area (Å²) >= 11 is 0. The van der Waals surface area contributed by atoms with Gasteiger partial charge in [-0.1, -0.05) is 44.2 Å². The molecule has 1 atom stereocenters. The molecule has 0 aromatic heterocycles. The fourth-order valence-electron chi connectivity index (χ4n) is 1.73. The molecule has 0 aliphatic heterocycles. The first kappa shape index (κ1) is 12.3. The lowest BCUT2D eigenvalue weighted by atomic mass is 9.83. The third-order valence-electron chi connectivity index (χ3n) is 3.32. The van der Waals surface area contributed by atoms with E-state index in [9.17, 15) is 5.11 Å². The van der Waals surface area contributed by atoms with E-state index in [1.165, 1.54) is 5.56 Å². The Labute approximate surface area is 93.1 Å². The summed E-state index contributed by atoms with van der Waals surface area (Å²) in [6.45, 7) is 4.62. The van der Waals surface area contributed by atoms with Gasteiger partial charge in [0.1, 0.15) is 0 Å². The van der Waals surface area contributed by atoms with Gasteiger partial charge in [-0.15, -0.1) is 0 Å². The first-order valence-electron chi connectivity index (χ1n) is 5.85. The summed E-state index contributed by atoms with van der Waals surface area (Å²) in [7, 11) is 0. The molecule has 0 aliphatic rings. The van der Waals surface area contributed by atoms with Gasteiger partial charge in [-0.2, -0.15) is 0 Å². The molecule has 0 spiro atoms. The Kier molecular flexibility index (Phi) is 4.83. The van der Waals surface area contributed by atoms with Gasteiger partial charge in [0, 0.05) is 6.61 Å². The van der Waals surface area contributed by atoms with Crippen molar-refractivity contribution in [2.75, 3.05) is 6.61 Å². The number of hydrogen-bond donors (Lipinski definition) is 1. The zero-order valence-electron chi connectivity index (χ0n) is 9.87. The molecule has 0 amide bonds. The molecule has 0 saturated carbocycles. The van der Waals surface area contributed by atoms with Crippen molar-refractivity contribution < 1.29 is 5.11 Å². The van der Waals surface area contributed by atoms with Gasteiger partial charge in [0.2, 0.25) is 0 Å². The molecule has 0 radical (unpaired) electrons. The zero-order valence-corrected chi connectivity index (χ0v) is 9.87. The third kappa shape index (κ3) is 4.05. The topological polar surface area (TPSA) is 20.2 Å². The molecule has 1 rings (SSSR count). The van der Waals surface area contributed by atoms with Crippen LogP contribution in [0.1, 0.15) is 38.7 Å². The van der Waals surface area contributed by atoms with Gasteiger partial charge in [0.05, 0.1) is 0 Å². The normalized spacial score (nSPS) is 14.9. The van der Waals surface area contributed by atoms with E-state index in [0.29, 0.717) is 6.61 Å². The van der Waals surface area contributed by atoms with Crippen molar-refractivity contribution in [1.29, 1.82) is 0 Å². The third-order valence-corrected chi connectivity index (χ3v) is 3.32. The Balaban J connectivity index is 2.33. The minimum absolute atomic E-state index is 0.120. The van der Waals surface area contributed by atoms with Gasteiger partial charge >= 0.3 is 0 Å². The van der Waals surface area contributed by atoms with Crippen molar-refractivity contribution >= 4 is 0 Å². The van der Waals surface area contributed by atoms with E-state index in [0.717, 1.165) is 25.7 Å². The summed E-state index contributed by atoms with van der Waals surface area (Å²) in [5.74, 6) is 0. The number of benzene rings is 1. The number of rotatable bonds is 6. The Bertz CT molecular complexity index is 262. The average molecular weight is 206 g/mol. The van der Waals surface area contributed by atoms with Crippen LogP contribution >= 0.6 is 0 Å². The molecule has 1 N–H and O–H groups in total. The highest BCUT2D eigenvalue weighted by molar-refractivity contribution is 5.14. The molecule has 0 saturated heterocycles. The second-order valence-corrected chi connectivity index (χ2v) is 4.66. The molecule has 1 aromatic carbocycles. The molecule has 0 bridgehead atoms. The zero-order chi connectivity index (χ0) is 11.1. The molecule has 15 heavy (non-hydrogen) atoms.